The molecule has 0 fully saturated rings. The number of nitrogens with two attached hydrogens (primary N) is 1. The fourth-order valence-corrected chi connectivity index (χ4v) is 2.62. The highest BCUT2D eigenvalue weighted by molar-refractivity contribution is 7.98. The van der Waals surface area contributed by atoms with Gasteiger partial charge in [0.2, 0.25) is 0 Å². The Morgan fingerprint density at radius 1 is 1.33 bits per heavy atom. The van der Waals surface area contributed by atoms with E-state index in [-0.39, 0.29) is 0 Å². The van der Waals surface area contributed by atoms with Crippen molar-refractivity contribution < 1.29 is 0 Å². The average molecular weight is 295 g/mol. The first kappa shape index (κ1) is 13.3. The van der Waals surface area contributed by atoms with Crippen LogP contribution < -0.4 is 5.73 Å². The molecule has 0 saturated carbocycles. The second-order valence-corrected chi connectivity index (χ2v) is 5.58. The fraction of sp³-hybridized carbons (Fsp3) is 0.0769. The van der Waals surface area contributed by atoms with Crippen molar-refractivity contribution in [2.24, 2.45) is 5.73 Å². The molecule has 0 bridgehead atoms. The van der Waals surface area contributed by atoms with Crippen LogP contribution in [0.15, 0.2) is 47.5 Å². The molecule has 1 aromatic heterocycles. The number of thioether (sulfide) groups is 1. The van der Waals surface area contributed by atoms with E-state index in [1.54, 1.807) is 18.0 Å². The summed E-state index contributed by atoms with van der Waals surface area (Å²) in [6.07, 6.45) is 1.72. The van der Waals surface area contributed by atoms with E-state index in [1.807, 2.05) is 30.3 Å². The molecule has 18 heavy (non-hydrogen) atoms. The fourth-order valence-electron chi connectivity index (χ4n) is 1.43. The normalized spacial score (nSPS) is 10.3. The Balaban J connectivity index is 2.06. The van der Waals surface area contributed by atoms with E-state index in [0.29, 0.717) is 10.7 Å². The summed E-state index contributed by atoms with van der Waals surface area (Å²) in [5, 5.41) is 0.756. The third-order valence-corrected chi connectivity index (χ3v) is 3.79. The van der Waals surface area contributed by atoms with Crippen LogP contribution in [0.4, 0.5) is 0 Å². The molecule has 0 unspecified atom stereocenters. The van der Waals surface area contributed by atoms with Crippen molar-refractivity contribution in [3.63, 3.8) is 0 Å². The number of pyridine rings is 1. The largest absolute Gasteiger partial charge is 0.388 e. The van der Waals surface area contributed by atoms with Crippen molar-refractivity contribution in [3.8, 4) is 0 Å². The molecule has 5 heteroatoms. The van der Waals surface area contributed by atoms with Gasteiger partial charge in [0.25, 0.3) is 0 Å². The minimum Gasteiger partial charge on any atom is -0.388 e. The predicted molar refractivity (Wildman–Crippen MR) is 81.1 cm³/mol. The number of nitrogens with zero attached hydrogens (tertiary/aromatic N) is 1. The van der Waals surface area contributed by atoms with Gasteiger partial charge in [-0.1, -0.05) is 36.0 Å². The highest BCUT2D eigenvalue weighted by Crippen LogP contribution is 2.24. The van der Waals surface area contributed by atoms with Crippen molar-refractivity contribution in [2.45, 2.75) is 10.6 Å². The monoisotopic (exact) mass is 294 g/mol. The molecule has 1 heterocycles. The van der Waals surface area contributed by atoms with E-state index >= 15 is 0 Å². The molecule has 2 N–H and O–H groups in total. The molecule has 2 rings (SSSR count). The number of hydrogen-bond donors (Lipinski definition) is 1. The van der Waals surface area contributed by atoms with Gasteiger partial charge in [0.05, 0.1) is 5.69 Å². The van der Waals surface area contributed by atoms with Gasteiger partial charge in [0.1, 0.15) is 4.99 Å². The van der Waals surface area contributed by atoms with E-state index in [0.717, 1.165) is 15.7 Å². The van der Waals surface area contributed by atoms with Gasteiger partial charge in [-0.05, 0) is 29.8 Å². The molecule has 0 aliphatic heterocycles. The van der Waals surface area contributed by atoms with Gasteiger partial charge >= 0.3 is 0 Å². The molecular formula is C13H11ClN2S2. The Morgan fingerprint density at radius 2 is 2.17 bits per heavy atom. The molecule has 2 aromatic rings. The molecule has 1 aromatic carbocycles. The van der Waals surface area contributed by atoms with Gasteiger partial charge in [-0.15, -0.1) is 11.8 Å². The van der Waals surface area contributed by atoms with Gasteiger partial charge in [0.15, 0.2) is 0 Å². The molecule has 0 aliphatic rings. The standard InChI is InChI=1S/C13H11ClN2S2/c14-10-3-1-2-9(6-10)8-18-11-4-5-16-12(7-11)13(15)17/h1-7H,8H2,(H2,15,17). The van der Waals surface area contributed by atoms with E-state index in [2.05, 4.69) is 11.1 Å². The summed E-state index contributed by atoms with van der Waals surface area (Å²) in [4.78, 5) is 5.52. The van der Waals surface area contributed by atoms with Crippen molar-refractivity contribution in [1.82, 2.24) is 4.98 Å². The lowest BCUT2D eigenvalue weighted by molar-refractivity contribution is 1.23. The highest BCUT2D eigenvalue weighted by atomic mass is 35.5. The smallest absolute Gasteiger partial charge is 0.122 e. The molecule has 2 nitrogen and oxygen atoms in total. The zero-order valence-corrected chi connectivity index (χ0v) is 11.9. The third-order valence-electron chi connectivity index (χ3n) is 2.28. The number of thiocarbonyl (C=S) groups is 1. The summed E-state index contributed by atoms with van der Waals surface area (Å²) < 4.78 is 0. The van der Waals surface area contributed by atoms with Crippen molar-refractivity contribution in [1.29, 1.82) is 0 Å². The average Bonchev–Trinajstić information content (AvgIpc) is 2.37. The lowest BCUT2D eigenvalue weighted by atomic mass is 10.2. The zero-order valence-electron chi connectivity index (χ0n) is 9.47. The van der Waals surface area contributed by atoms with Crippen LogP contribution in [0.3, 0.4) is 0 Å². The second kappa shape index (κ2) is 6.18. The summed E-state index contributed by atoms with van der Waals surface area (Å²) >= 11 is 12.5. The second-order valence-electron chi connectivity index (χ2n) is 3.66. The Morgan fingerprint density at radius 3 is 2.89 bits per heavy atom. The molecule has 92 valence electrons. The first-order chi connectivity index (χ1) is 8.65. The molecule has 0 radical (unpaired) electrons. The number of benzene rings is 1. The number of aromatic nitrogens is 1. The summed E-state index contributed by atoms with van der Waals surface area (Å²) in [6, 6.07) is 11.7. The molecule has 0 atom stereocenters. The van der Waals surface area contributed by atoms with Crippen molar-refractivity contribution in [2.75, 3.05) is 0 Å². The highest BCUT2D eigenvalue weighted by Gasteiger charge is 2.01. The van der Waals surface area contributed by atoms with E-state index in [9.17, 15) is 0 Å². The quantitative estimate of drug-likeness (QED) is 0.690. The lowest BCUT2D eigenvalue weighted by Crippen LogP contribution is -2.11. The minimum atomic E-state index is 0.320. The van der Waals surface area contributed by atoms with E-state index in [4.69, 9.17) is 29.6 Å². The van der Waals surface area contributed by atoms with E-state index in [1.165, 1.54) is 5.56 Å². The summed E-state index contributed by atoms with van der Waals surface area (Å²) in [5.74, 6) is 0.849. The van der Waals surface area contributed by atoms with Crippen molar-refractivity contribution in [3.05, 3.63) is 58.9 Å². The molecule has 0 saturated heterocycles. The van der Waals surface area contributed by atoms with Gasteiger partial charge < -0.3 is 5.73 Å². The van der Waals surface area contributed by atoms with Crippen molar-refractivity contribution >= 4 is 40.6 Å². The number of halogens is 1. The zero-order chi connectivity index (χ0) is 13.0. The van der Waals surface area contributed by atoms with Crippen LogP contribution in [0.5, 0.6) is 0 Å². The Bertz CT molecular complexity index is 572. The Labute approximate surface area is 121 Å². The number of rotatable bonds is 4. The van der Waals surface area contributed by atoms with Crippen LogP contribution in [0, 0.1) is 0 Å². The van der Waals surface area contributed by atoms with Gasteiger partial charge in [-0.25, -0.2) is 0 Å². The molecule has 0 aliphatic carbocycles. The third kappa shape index (κ3) is 3.70. The molecule has 0 spiro atoms. The van der Waals surface area contributed by atoms with E-state index < -0.39 is 0 Å². The summed E-state index contributed by atoms with van der Waals surface area (Å²) in [7, 11) is 0. The topological polar surface area (TPSA) is 38.9 Å². The van der Waals surface area contributed by atoms with Crippen LogP contribution in [-0.4, -0.2) is 9.97 Å². The van der Waals surface area contributed by atoms with Gasteiger partial charge in [0, 0.05) is 21.9 Å². The van der Waals surface area contributed by atoms with Crippen LogP contribution in [-0.2, 0) is 5.75 Å². The SMILES string of the molecule is NC(=S)c1cc(SCc2cccc(Cl)c2)ccn1. The van der Waals surface area contributed by atoms with Crippen LogP contribution in [0.1, 0.15) is 11.3 Å². The first-order valence-corrected chi connectivity index (χ1v) is 7.05. The van der Waals surface area contributed by atoms with Crippen LogP contribution in [0.2, 0.25) is 5.02 Å². The first-order valence-electron chi connectivity index (χ1n) is 5.28. The number of hydrogen-bond acceptors (Lipinski definition) is 3. The maximum absolute atomic E-state index is 5.94. The Hall–Kier alpha value is -1.10. The molecular weight excluding hydrogens is 284 g/mol. The van der Waals surface area contributed by atoms with Crippen LogP contribution >= 0.6 is 35.6 Å². The summed E-state index contributed by atoms with van der Waals surface area (Å²) in [5.41, 5.74) is 7.39. The lowest BCUT2D eigenvalue weighted by Gasteiger charge is -2.04. The maximum atomic E-state index is 5.94. The maximum Gasteiger partial charge on any atom is 0.122 e. The van der Waals surface area contributed by atoms with Gasteiger partial charge in [-0.3, -0.25) is 4.98 Å². The van der Waals surface area contributed by atoms with Crippen LogP contribution in [0.25, 0.3) is 0 Å². The minimum absolute atomic E-state index is 0.320. The predicted octanol–water partition coefficient (Wildman–Crippen LogP) is 3.66. The molecule has 0 amide bonds. The summed E-state index contributed by atoms with van der Waals surface area (Å²) in [6.45, 7) is 0. The Kier molecular flexibility index (Phi) is 4.58. The van der Waals surface area contributed by atoms with Gasteiger partial charge in [-0.2, -0.15) is 0 Å².